The largest absolute Gasteiger partial charge is 0.480 e. The highest BCUT2D eigenvalue weighted by Gasteiger charge is 2.29. The van der Waals surface area contributed by atoms with Gasteiger partial charge in [-0.3, -0.25) is 19.8 Å². The second-order valence-corrected chi connectivity index (χ2v) is 5.21. The van der Waals surface area contributed by atoms with Crippen molar-refractivity contribution in [2.45, 2.75) is 26.4 Å². The van der Waals surface area contributed by atoms with Crippen molar-refractivity contribution in [1.82, 2.24) is 0 Å². The van der Waals surface area contributed by atoms with E-state index in [1.54, 1.807) is 20.8 Å². The molecule has 0 aliphatic rings. The van der Waals surface area contributed by atoms with Gasteiger partial charge in [-0.05, 0) is 26.8 Å². The van der Waals surface area contributed by atoms with Crippen molar-refractivity contribution in [3.05, 3.63) is 34.4 Å². The lowest BCUT2D eigenvalue weighted by Gasteiger charge is -2.26. The van der Waals surface area contributed by atoms with Gasteiger partial charge in [0.25, 0.3) is 5.69 Å². The van der Waals surface area contributed by atoms with Crippen LogP contribution in [0.4, 0.5) is 16.2 Å². The van der Waals surface area contributed by atoms with Crippen molar-refractivity contribution in [1.29, 1.82) is 0 Å². The Kier molecular flexibility index (Phi) is 4.85. The summed E-state index contributed by atoms with van der Waals surface area (Å²) in [6, 6.07) is 5.39. The molecule has 0 radical (unpaired) electrons. The molecule has 21 heavy (non-hydrogen) atoms. The van der Waals surface area contributed by atoms with Gasteiger partial charge in [-0.2, -0.15) is 0 Å². The van der Waals surface area contributed by atoms with Gasteiger partial charge in [-0.25, -0.2) is 4.79 Å². The molecule has 1 aromatic carbocycles. The molecular weight excluding hydrogens is 280 g/mol. The molecule has 0 aromatic heterocycles. The summed E-state index contributed by atoms with van der Waals surface area (Å²) in [5.74, 6) is -1.31. The summed E-state index contributed by atoms with van der Waals surface area (Å²) in [6.07, 6.45) is -0.959. The number of nitro benzene ring substituents is 1. The lowest BCUT2D eigenvalue weighted by molar-refractivity contribution is -0.384. The van der Waals surface area contributed by atoms with E-state index in [1.165, 1.54) is 24.3 Å². The van der Waals surface area contributed by atoms with E-state index in [0.717, 1.165) is 4.90 Å². The van der Waals surface area contributed by atoms with E-state index < -0.39 is 29.1 Å². The predicted molar refractivity (Wildman–Crippen MR) is 74.3 cm³/mol. The number of hydrogen-bond acceptors (Lipinski definition) is 5. The summed E-state index contributed by atoms with van der Waals surface area (Å²) in [6.45, 7) is 4.11. The lowest BCUT2D eigenvalue weighted by Crippen LogP contribution is -2.40. The maximum absolute atomic E-state index is 12.1. The third kappa shape index (κ3) is 4.75. The number of nitrogens with zero attached hydrogens (tertiary/aromatic N) is 2. The minimum atomic E-state index is -1.31. The Morgan fingerprint density at radius 3 is 2.38 bits per heavy atom. The highest BCUT2D eigenvalue weighted by molar-refractivity contribution is 5.95. The Balaban J connectivity index is 3.23. The number of carbonyl (C=O) groups is 2. The molecule has 0 fully saturated rings. The van der Waals surface area contributed by atoms with Crippen LogP contribution in [0.5, 0.6) is 0 Å². The van der Waals surface area contributed by atoms with Crippen LogP contribution in [-0.4, -0.2) is 34.2 Å². The molecule has 0 aliphatic carbocycles. The van der Waals surface area contributed by atoms with Crippen LogP contribution in [0, 0.1) is 10.1 Å². The fourth-order valence-corrected chi connectivity index (χ4v) is 1.55. The van der Waals surface area contributed by atoms with Crippen LogP contribution < -0.4 is 4.90 Å². The summed E-state index contributed by atoms with van der Waals surface area (Å²) < 4.78 is 5.09. The van der Waals surface area contributed by atoms with E-state index in [-0.39, 0.29) is 11.4 Å². The molecule has 0 heterocycles. The maximum atomic E-state index is 12.1. The van der Waals surface area contributed by atoms with Crippen LogP contribution in [0.2, 0.25) is 0 Å². The molecule has 1 amide bonds. The first-order valence-corrected chi connectivity index (χ1v) is 6.07. The number of carbonyl (C=O) groups excluding carboxylic acids is 1. The smallest absolute Gasteiger partial charge is 0.415 e. The van der Waals surface area contributed by atoms with E-state index in [9.17, 15) is 19.7 Å². The molecule has 114 valence electrons. The summed E-state index contributed by atoms with van der Waals surface area (Å²) in [5.41, 5.74) is -1.35. The van der Waals surface area contributed by atoms with Crippen molar-refractivity contribution in [2.24, 2.45) is 0 Å². The van der Waals surface area contributed by atoms with E-state index in [2.05, 4.69) is 0 Å². The van der Waals surface area contributed by atoms with Crippen molar-refractivity contribution < 1.29 is 24.4 Å². The first-order valence-electron chi connectivity index (χ1n) is 6.07. The lowest BCUT2D eigenvalue weighted by atomic mass is 10.2. The number of aliphatic carboxylic acids is 1. The first-order chi connectivity index (χ1) is 9.61. The minimum Gasteiger partial charge on any atom is -0.480 e. The molecule has 0 atom stereocenters. The topological polar surface area (TPSA) is 110 Å². The second kappa shape index (κ2) is 6.21. The number of benzene rings is 1. The molecule has 1 aromatic rings. The van der Waals surface area contributed by atoms with Crippen molar-refractivity contribution in [3.8, 4) is 0 Å². The normalized spacial score (nSPS) is 10.8. The minimum absolute atomic E-state index is 0.126. The van der Waals surface area contributed by atoms with Crippen LogP contribution in [-0.2, 0) is 9.53 Å². The molecular formula is C13H16N2O6. The highest BCUT2D eigenvalue weighted by atomic mass is 16.6. The molecule has 0 spiro atoms. The van der Waals surface area contributed by atoms with E-state index in [1.807, 2.05) is 0 Å². The Labute approximate surface area is 121 Å². The highest BCUT2D eigenvalue weighted by Crippen LogP contribution is 2.28. The number of hydrogen-bond donors (Lipinski definition) is 1. The molecule has 0 aliphatic heterocycles. The monoisotopic (exact) mass is 296 g/mol. The molecule has 0 saturated heterocycles. The summed E-state index contributed by atoms with van der Waals surface area (Å²) >= 11 is 0. The summed E-state index contributed by atoms with van der Waals surface area (Å²) in [4.78, 5) is 34.0. The van der Waals surface area contributed by atoms with Crippen LogP contribution >= 0.6 is 0 Å². The molecule has 0 bridgehead atoms. The van der Waals surface area contributed by atoms with Crippen LogP contribution in [0.15, 0.2) is 24.3 Å². The zero-order valence-electron chi connectivity index (χ0n) is 11.9. The number of carboxylic acids is 1. The van der Waals surface area contributed by atoms with Crippen molar-refractivity contribution in [3.63, 3.8) is 0 Å². The van der Waals surface area contributed by atoms with Gasteiger partial charge in [-0.15, -0.1) is 0 Å². The van der Waals surface area contributed by atoms with Crippen molar-refractivity contribution in [2.75, 3.05) is 11.4 Å². The molecule has 1 N–H and O–H groups in total. The fraction of sp³-hybridized carbons (Fsp3) is 0.385. The van der Waals surface area contributed by atoms with Gasteiger partial charge in [0, 0.05) is 6.07 Å². The van der Waals surface area contributed by atoms with E-state index >= 15 is 0 Å². The standard InChI is InChI=1S/C13H16N2O6/c1-13(2,3)21-12(18)14(8-11(16)17)9-6-4-5-7-10(9)15(19)20/h4-7H,8H2,1-3H3,(H,16,17). The van der Waals surface area contributed by atoms with Gasteiger partial charge in [0.2, 0.25) is 0 Å². The summed E-state index contributed by atoms with van der Waals surface area (Å²) in [7, 11) is 0. The molecule has 8 heteroatoms. The Morgan fingerprint density at radius 2 is 1.90 bits per heavy atom. The molecule has 1 rings (SSSR count). The quantitative estimate of drug-likeness (QED) is 0.674. The Bertz CT molecular complexity index is 564. The van der Waals surface area contributed by atoms with Gasteiger partial charge in [0.1, 0.15) is 17.8 Å². The third-order valence-electron chi connectivity index (χ3n) is 2.28. The number of rotatable bonds is 4. The number of anilines is 1. The van der Waals surface area contributed by atoms with Crippen LogP contribution in [0.1, 0.15) is 20.8 Å². The number of ether oxygens (including phenoxy) is 1. The zero-order valence-corrected chi connectivity index (χ0v) is 11.9. The van der Waals surface area contributed by atoms with Gasteiger partial charge in [0.05, 0.1) is 4.92 Å². The third-order valence-corrected chi connectivity index (χ3v) is 2.28. The van der Waals surface area contributed by atoms with Gasteiger partial charge in [-0.1, -0.05) is 12.1 Å². The van der Waals surface area contributed by atoms with E-state index in [4.69, 9.17) is 9.84 Å². The number of amides is 1. The van der Waals surface area contributed by atoms with Gasteiger partial charge >= 0.3 is 12.1 Å². The first kappa shape index (κ1) is 16.4. The SMILES string of the molecule is CC(C)(C)OC(=O)N(CC(=O)O)c1ccccc1[N+](=O)[O-]. The van der Waals surface area contributed by atoms with Crippen molar-refractivity contribution >= 4 is 23.4 Å². The fourth-order valence-electron chi connectivity index (χ4n) is 1.55. The zero-order chi connectivity index (χ0) is 16.2. The molecule has 8 nitrogen and oxygen atoms in total. The molecule has 0 saturated carbocycles. The number of carboxylic acid groups (broad SMARTS) is 1. The summed E-state index contributed by atoms with van der Waals surface area (Å²) in [5, 5.41) is 19.9. The number of nitro groups is 1. The molecule has 0 unspecified atom stereocenters. The Hall–Kier alpha value is -2.64. The van der Waals surface area contributed by atoms with Crippen LogP contribution in [0.25, 0.3) is 0 Å². The predicted octanol–water partition coefficient (Wildman–Crippen LogP) is 2.42. The van der Waals surface area contributed by atoms with Gasteiger partial charge in [0.15, 0.2) is 0 Å². The number of para-hydroxylation sites is 2. The average Bonchev–Trinajstić information content (AvgIpc) is 2.33. The van der Waals surface area contributed by atoms with Crippen LogP contribution in [0.3, 0.4) is 0 Å². The average molecular weight is 296 g/mol. The van der Waals surface area contributed by atoms with Gasteiger partial charge < -0.3 is 9.84 Å². The van der Waals surface area contributed by atoms with E-state index in [0.29, 0.717) is 0 Å². The second-order valence-electron chi connectivity index (χ2n) is 5.21. The Morgan fingerprint density at radius 1 is 1.33 bits per heavy atom. The maximum Gasteiger partial charge on any atom is 0.415 e.